The first-order valence-electron chi connectivity index (χ1n) is 4.58. The second-order valence-electron chi connectivity index (χ2n) is 3.40. The van der Waals surface area contributed by atoms with Gasteiger partial charge in [0.25, 0.3) is 0 Å². The highest BCUT2D eigenvalue weighted by Crippen LogP contribution is 2.28. The molecule has 0 heterocycles. The van der Waals surface area contributed by atoms with E-state index in [-0.39, 0.29) is 9.68 Å². The van der Waals surface area contributed by atoms with E-state index in [0.717, 1.165) is 5.92 Å². The summed E-state index contributed by atoms with van der Waals surface area (Å²) in [6, 6.07) is 1.52. The van der Waals surface area contributed by atoms with Crippen molar-refractivity contribution in [3.8, 4) is 0 Å². The molecule has 0 bridgehead atoms. The first-order chi connectivity index (χ1) is 4.93. The predicted molar refractivity (Wildman–Crippen MR) is 49.0 cm³/mol. The molecule has 1 N–H and O–H groups in total. The molecule has 0 unspecified atom stereocenters. The second-order valence-corrected chi connectivity index (χ2v) is 5.31. The van der Waals surface area contributed by atoms with Crippen molar-refractivity contribution in [2.75, 3.05) is 7.05 Å². The minimum Gasteiger partial charge on any atom is -0.345 e. The van der Waals surface area contributed by atoms with Crippen LogP contribution in [0, 0.1) is 5.92 Å². The maximum Gasteiger partial charge on any atom is 0.0913 e. The van der Waals surface area contributed by atoms with Gasteiger partial charge in [-0.25, -0.2) is 0 Å². The minimum atomic E-state index is 0.138. The van der Waals surface area contributed by atoms with Crippen molar-refractivity contribution in [1.29, 1.82) is 0 Å². The molecule has 1 aliphatic carbocycles. The second kappa shape index (κ2) is 4.91. The molecule has 1 nitrogen and oxygen atoms in total. The SMILES string of the molecule is CN[SiH2]CCC1CCCC1. The molecule has 0 aromatic rings. The van der Waals surface area contributed by atoms with E-state index in [9.17, 15) is 0 Å². The highest BCUT2D eigenvalue weighted by molar-refractivity contribution is 6.31. The summed E-state index contributed by atoms with van der Waals surface area (Å²) in [5.41, 5.74) is 0. The van der Waals surface area contributed by atoms with Gasteiger partial charge in [-0.2, -0.15) is 0 Å². The first-order valence-corrected chi connectivity index (χ1v) is 6.29. The van der Waals surface area contributed by atoms with E-state index in [0.29, 0.717) is 0 Å². The Kier molecular flexibility index (Phi) is 4.06. The molecule has 1 fully saturated rings. The van der Waals surface area contributed by atoms with Crippen LogP contribution < -0.4 is 4.98 Å². The fraction of sp³-hybridized carbons (Fsp3) is 1.00. The molecule has 1 rings (SSSR count). The third-order valence-electron chi connectivity index (χ3n) is 2.51. The summed E-state index contributed by atoms with van der Waals surface area (Å²) in [7, 11) is 2.24. The summed E-state index contributed by atoms with van der Waals surface area (Å²) in [4.78, 5) is 3.33. The normalized spacial score (nSPS) is 21.3. The van der Waals surface area contributed by atoms with Crippen LogP contribution in [0.15, 0.2) is 0 Å². The lowest BCUT2D eigenvalue weighted by atomic mass is 10.1. The van der Waals surface area contributed by atoms with Gasteiger partial charge in [-0.3, -0.25) is 0 Å². The summed E-state index contributed by atoms with van der Waals surface area (Å²) in [6.45, 7) is 0. The van der Waals surface area contributed by atoms with Crippen LogP contribution in [-0.4, -0.2) is 16.7 Å². The van der Waals surface area contributed by atoms with E-state index < -0.39 is 0 Å². The smallest absolute Gasteiger partial charge is 0.0913 e. The third-order valence-corrected chi connectivity index (χ3v) is 3.78. The number of nitrogens with one attached hydrogen (secondary N) is 1. The van der Waals surface area contributed by atoms with Crippen LogP contribution in [0.5, 0.6) is 0 Å². The molecular formula is C8H19NSi. The van der Waals surface area contributed by atoms with Gasteiger partial charge in [-0.1, -0.05) is 32.1 Å². The number of hydrogen-bond acceptors (Lipinski definition) is 1. The summed E-state index contributed by atoms with van der Waals surface area (Å²) >= 11 is 0. The molecule has 0 aliphatic heterocycles. The third kappa shape index (κ3) is 2.84. The van der Waals surface area contributed by atoms with Gasteiger partial charge in [0.15, 0.2) is 0 Å². The molecule has 2 heteroatoms. The molecule has 0 aromatic carbocycles. The molecule has 0 atom stereocenters. The van der Waals surface area contributed by atoms with E-state index >= 15 is 0 Å². The first kappa shape index (κ1) is 8.28. The Balaban J connectivity index is 1.91. The molecule has 0 aromatic heterocycles. The van der Waals surface area contributed by atoms with Crippen LogP contribution in [0.4, 0.5) is 0 Å². The molecule has 0 spiro atoms. The Hall–Kier alpha value is 0.177. The number of hydrogen-bond donors (Lipinski definition) is 1. The van der Waals surface area contributed by atoms with E-state index in [1.165, 1.54) is 38.1 Å². The predicted octanol–water partition coefficient (Wildman–Crippen LogP) is 1.29. The zero-order chi connectivity index (χ0) is 7.23. The lowest BCUT2D eigenvalue weighted by molar-refractivity contribution is 0.529. The van der Waals surface area contributed by atoms with Crippen LogP contribution in [-0.2, 0) is 0 Å². The van der Waals surface area contributed by atoms with Crippen molar-refractivity contribution < 1.29 is 0 Å². The molecule has 10 heavy (non-hydrogen) atoms. The summed E-state index contributed by atoms with van der Waals surface area (Å²) < 4.78 is 0. The summed E-state index contributed by atoms with van der Waals surface area (Å²) in [6.07, 6.45) is 7.58. The van der Waals surface area contributed by atoms with Crippen LogP contribution in [0.3, 0.4) is 0 Å². The largest absolute Gasteiger partial charge is 0.345 e. The van der Waals surface area contributed by atoms with Crippen molar-refractivity contribution in [2.24, 2.45) is 5.92 Å². The van der Waals surface area contributed by atoms with Gasteiger partial charge in [0.1, 0.15) is 0 Å². The van der Waals surface area contributed by atoms with Crippen molar-refractivity contribution in [3.05, 3.63) is 0 Å². The van der Waals surface area contributed by atoms with Crippen LogP contribution >= 0.6 is 0 Å². The lowest BCUT2D eigenvalue weighted by Crippen LogP contribution is -2.12. The lowest BCUT2D eigenvalue weighted by Gasteiger charge is -2.06. The van der Waals surface area contributed by atoms with Gasteiger partial charge in [0.2, 0.25) is 0 Å². The van der Waals surface area contributed by atoms with Crippen molar-refractivity contribution >= 4 is 9.68 Å². The standard InChI is InChI=1S/C8H19NSi/c1-9-10-7-6-8-4-2-3-5-8/h8-9H,2-7,10H2,1H3. The molecule has 60 valence electrons. The fourth-order valence-corrected chi connectivity index (χ4v) is 3.00. The highest BCUT2D eigenvalue weighted by Gasteiger charge is 2.13. The summed E-state index contributed by atoms with van der Waals surface area (Å²) in [5, 5.41) is 0. The molecule has 0 amide bonds. The highest BCUT2D eigenvalue weighted by atomic mass is 28.2. The van der Waals surface area contributed by atoms with E-state index in [1.807, 2.05) is 0 Å². The van der Waals surface area contributed by atoms with E-state index in [4.69, 9.17) is 0 Å². The monoisotopic (exact) mass is 157 g/mol. The minimum absolute atomic E-state index is 0.138. The summed E-state index contributed by atoms with van der Waals surface area (Å²) in [5.74, 6) is 1.11. The average molecular weight is 157 g/mol. The van der Waals surface area contributed by atoms with Gasteiger partial charge in [0.05, 0.1) is 9.68 Å². The average Bonchev–Trinajstić information content (AvgIpc) is 2.41. The fourth-order valence-electron chi connectivity index (χ4n) is 1.87. The van der Waals surface area contributed by atoms with Crippen molar-refractivity contribution in [1.82, 2.24) is 4.98 Å². The Morgan fingerprint density at radius 2 is 2.10 bits per heavy atom. The van der Waals surface area contributed by atoms with E-state index in [2.05, 4.69) is 12.0 Å². The quantitative estimate of drug-likeness (QED) is 0.479. The van der Waals surface area contributed by atoms with Crippen LogP contribution in [0.2, 0.25) is 6.04 Å². The Morgan fingerprint density at radius 3 is 2.70 bits per heavy atom. The van der Waals surface area contributed by atoms with Gasteiger partial charge in [0, 0.05) is 0 Å². The van der Waals surface area contributed by atoms with Gasteiger partial charge in [-0.05, 0) is 19.0 Å². The maximum atomic E-state index is 3.33. The molecule has 1 aliphatic rings. The zero-order valence-electron chi connectivity index (χ0n) is 7.03. The van der Waals surface area contributed by atoms with Crippen LogP contribution in [0.1, 0.15) is 32.1 Å². The Bertz CT molecular complexity index is 79.3. The van der Waals surface area contributed by atoms with Gasteiger partial charge < -0.3 is 4.98 Å². The van der Waals surface area contributed by atoms with Gasteiger partial charge in [-0.15, -0.1) is 0 Å². The topological polar surface area (TPSA) is 12.0 Å². The van der Waals surface area contributed by atoms with Gasteiger partial charge >= 0.3 is 0 Å². The van der Waals surface area contributed by atoms with Crippen molar-refractivity contribution in [3.63, 3.8) is 0 Å². The van der Waals surface area contributed by atoms with Crippen LogP contribution in [0.25, 0.3) is 0 Å². The molecular weight excluding hydrogens is 138 g/mol. The molecule has 0 saturated heterocycles. The Morgan fingerprint density at radius 1 is 1.40 bits per heavy atom. The van der Waals surface area contributed by atoms with Crippen molar-refractivity contribution in [2.45, 2.75) is 38.1 Å². The maximum absolute atomic E-state index is 3.33. The molecule has 0 radical (unpaired) electrons. The van der Waals surface area contributed by atoms with E-state index in [1.54, 1.807) is 0 Å². The zero-order valence-corrected chi connectivity index (χ0v) is 8.44. The molecule has 1 saturated carbocycles. The number of rotatable bonds is 4. The Labute approximate surface area is 66.5 Å².